The van der Waals surface area contributed by atoms with Crippen LogP contribution >= 0.6 is 11.6 Å². The Morgan fingerprint density at radius 3 is 2.33 bits per heavy atom. The Bertz CT molecular complexity index is 638. The molecule has 2 aromatic rings. The van der Waals surface area contributed by atoms with E-state index in [-0.39, 0.29) is 11.3 Å². The smallest absolute Gasteiger partial charge is 0.134 e. The van der Waals surface area contributed by atoms with Crippen LogP contribution in [0.25, 0.3) is 0 Å². The molecule has 0 spiro atoms. The van der Waals surface area contributed by atoms with Crippen molar-refractivity contribution in [3.8, 4) is 5.75 Å². The van der Waals surface area contributed by atoms with Crippen molar-refractivity contribution >= 4 is 11.6 Å². The quantitative estimate of drug-likeness (QED) is 0.911. The number of methoxy groups -OCH3 is 1. The number of hydrogen-bond acceptors (Lipinski definition) is 2. The minimum Gasteiger partial charge on any atom is -0.497 e. The van der Waals surface area contributed by atoms with E-state index < -0.39 is 17.7 Å². The highest BCUT2D eigenvalue weighted by Crippen LogP contribution is 2.34. The molecule has 0 heterocycles. The third kappa shape index (κ3) is 3.01. The van der Waals surface area contributed by atoms with Crippen LogP contribution in [-0.4, -0.2) is 14.2 Å². The van der Waals surface area contributed by atoms with E-state index in [1.165, 1.54) is 7.11 Å². The highest BCUT2D eigenvalue weighted by molar-refractivity contribution is 6.32. The summed E-state index contributed by atoms with van der Waals surface area (Å²) < 4.78 is 33.4. The number of halogens is 3. The maximum absolute atomic E-state index is 14.2. The second kappa shape index (κ2) is 6.41. The molecule has 5 heteroatoms. The molecule has 1 atom stereocenters. The molecule has 21 heavy (non-hydrogen) atoms. The van der Waals surface area contributed by atoms with Crippen LogP contribution in [0.1, 0.15) is 22.7 Å². The SMILES string of the molecule is CNC(c1cccc(C)c1Cl)c1c(F)cc(OC)cc1F. The van der Waals surface area contributed by atoms with Crippen molar-refractivity contribution in [2.45, 2.75) is 13.0 Å². The molecule has 1 unspecified atom stereocenters. The number of hydrogen-bond donors (Lipinski definition) is 1. The normalized spacial score (nSPS) is 12.3. The maximum Gasteiger partial charge on any atom is 0.134 e. The average molecular weight is 312 g/mol. The molecule has 0 aromatic heterocycles. The van der Waals surface area contributed by atoms with Gasteiger partial charge in [0.05, 0.1) is 13.2 Å². The lowest BCUT2D eigenvalue weighted by Gasteiger charge is -2.21. The molecule has 0 saturated carbocycles. The lowest BCUT2D eigenvalue weighted by molar-refractivity contribution is 0.403. The summed E-state index contributed by atoms with van der Waals surface area (Å²) in [6.45, 7) is 1.85. The fourth-order valence-corrected chi connectivity index (χ4v) is 2.54. The highest BCUT2D eigenvalue weighted by atomic mass is 35.5. The predicted octanol–water partition coefficient (Wildman–Crippen LogP) is 4.24. The van der Waals surface area contributed by atoms with Crippen molar-refractivity contribution in [3.05, 3.63) is 63.7 Å². The van der Waals surface area contributed by atoms with Gasteiger partial charge in [0.2, 0.25) is 0 Å². The van der Waals surface area contributed by atoms with Crippen molar-refractivity contribution in [3.63, 3.8) is 0 Å². The first-order valence-electron chi connectivity index (χ1n) is 6.44. The van der Waals surface area contributed by atoms with Crippen molar-refractivity contribution in [2.75, 3.05) is 14.2 Å². The number of benzene rings is 2. The van der Waals surface area contributed by atoms with Gasteiger partial charge < -0.3 is 10.1 Å². The molecule has 0 radical (unpaired) electrons. The first kappa shape index (κ1) is 15.7. The molecule has 0 aliphatic heterocycles. The van der Waals surface area contributed by atoms with Gasteiger partial charge in [0.15, 0.2) is 0 Å². The van der Waals surface area contributed by atoms with E-state index >= 15 is 0 Å². The average Bonchev–Trinajstić information content (AvgIpc) is 2.46. The van der Waals surface area contributed by atoms with Gasteiger partial charge in [-0.2, -0.15) is 0 Å². The monoisotopic (exact) mass is 311 g/mol. The van der Waals surface area contributed by atoms with Crippen LogP contribution in [0.3, 0.4) is 0 Å². The summed E-state index contributed by atoms with van der Waals surface area (Å²) in [6, 6.07) is 7.04. The Morgan fingerprint density at radius 2 is 1.81 bits per heavy atom. The van der Waals surface area contributed by atoms with Crippen LogP contribution in [-0.2, 0) is 0 Å². The van der Waals surface area contributed by atoms with Gasteiger partial charge >= 0.3 is 0 Å². The Hall–Kier alpha value is -1.65. The summed E-state index contributed by atoms with van der Waals surface area (Å²) in [5, 5.41) is 3.41. The molecule has 0 amide bonds. The second-order valence-electron chi connectivity index (χ2n) is 4.70. The number of nitrogens with one attached hydrogen (secondary N) is 1. The molecule has 0 fully saturated rings. The van der Waals surface area contributed by atoms with E-state index in [1.807, 2.05) is 13.0 Å². The molecule has 1 N–H and O–H groups in total. The fourth-order valence-electron chi connectivity index (χ4n) is 2.30. The van der Waals surface area contributed by atoms with Crippen LogP contribution in [0.4, 0.5) is 8.78 Å². The van der Waals surface area contributed by atoms with Gasteiger partial charge in [-0.25, -0.2) is 8.78 Å². The molecule has 0 bridgehead atoms. The highest BCUT2D eigenvalue weighted by Gasteiger charge is 2.24. The second-order valence-corrected chi connectivity index (χ2v) is 5.08. The van der Waals surface area contributed by atoms with Crippen LogP contribution in [0.2, 0.25) is 5.02 Å². The maximum atomic E-state index is 14.2. The third-order valence-corrected chi connectivity index (χ3v) is 3.91. The third-order valence-electron chi connectivity index (χ3n) is 3.40. The standard InChI is InChI=1S/C16H16ClF2NO/c1-9-5-4-6-11(15(9)17)16(20-2)14-12(18)7-10(21-3)8-13(14)19/h4-8,16,20H,1-3H3. The topological polar surface area (TPSA) is 21.3 Å². The van der Waals surface area contributed by atoms with E-state index in [9.17, 15) is 8.78 Å². The zero-order valence-corrected chi connectivity index (χ0v) is 12.8. The Labute approximate surface area is 127 Å². The minimum atomic E-state index is -0.677. The summed E-state index contributed by atoms with van der Waals surface area (Å²) in [5.74, 6) is -1.22. The lowest BCUT2D eigenvalue weighted by atomic mass is 9.96. The van der Waals surface area contributed by atoms with Gasteiger partial charge in [0, 0.05) is 22.7 Å². The molecule has 2 aromatic carbocycles. The fraction of sp³-hybridized carbons (Fsp3) is 0.250. The Morgan fingerprint density at radius 1 is 1.19 bits per heavy atom. The van der Waals surface area contributed by atoms with Crippen LogP contribution in [0, 0.1) is 18.6 Å². The van der Waals surface area contributed by atoms with Gasteiger partial charge in [-0.15, -0.1) is 0 Å². The van der Waals surface area contributed by atoms with Crippen molar-refractivity contribution in [2.24, 2.45) is 0 Å². The summed E-state index contributed by atoms with van der Waals surface area (Å²) in [7, 11) is 2.99. The van der Waals surface area contributed by atoms with Gasteiger partial charge in [0.25, 0.3) is 0 Å². The van der Waals surface area contributed by atoms with Gasteiger partial charge in [-0.05, 0) is 25.1 Å². The van der Waals surface area contributed by atoms with Crippen molar-refractivity contribution in [1.29, 1.82) is 0 Å². The first-order valence-corrected chi connectivity index (χ1v) is 6.82. The zero-order valence-electron chi connectivity index (χ0n) is 12.0. The van der Waals surface area contributed by atoms with Gasteiger partial charge in [0.1, 0.15) is 17.4 Å². The molecule has 0 aliphatic carbocycles. The molecule has 0 aliphatic rings. The largest absolute Gasteiger partial charge is 0.497 e. The van der Waals surface area contributed by atoms with Crippen molar-refractivity contribution in [1.82, 2.24) is 5.32 Å². The summed E-state index contributed by atoms with van der Waals surface area (Å²) >= 11 is 6.27. The van der Waals surface area contributed by atoms with E-state index in [1.54, 1.807) is 19.2 Å². The number of ether oxygens (including phenoxy) is 1. The molecule has 2 nitrogen and oxygen atoms in total. The van der Waals surface area contributed by atoms with Gasteiger partial charge in [-0.3, -0.25) is 0 Å². The van der Waals surface area contributed by atoms with E-state index in [0.29, 0.717) is 10.6 Å². The minimum absolute atomic E-state index is 0.0780. The van der Waals surface area contributed by atoms with Crippen LogP contribution in [0.15, 0.2) is 30.3 Å². The Balaban J connectivity index is 2.59. The first-order chi connectivity index (χ1) is 9.99. The lowest BCUT2D eigenvalue weighted by Crippen LogP contribution is -2.21. The molecule has 0 saturated heterocycles. The van der Waals surface area contributed by atoms with Crippen molar-refractivity contribution < 1.29 is 13.5 Å². The zero-order chi connectivity index (χ0) is 15.6. The number of rotatable bonds is 4. The van der Waals surface area contributed by atoms with E-state index in [4.69, 9.17) is 16.3 Å². The molecule has 112 valence electrons. The van der Waals surface area contributed by atoms with E-state index in [2.05, 4.69) is 5.32 Å². The summed E-state index contributed by atoms with van der Waals surface area (Å²) in [5.41, 5.74) is 1.40. The van der Waals surface area contributed by atoms with Crippen LogP contribution < -0.4 is 10.1 Å². The summed E-state index contributed by atoms with van der Waals surface area (Å²) in [6.07, 6.45) is 0. The Kier molecular flexibility index (Phi) is 4.80. The van der Waals surface area contributed by atoms with E-state index in [0.717, 1.165) is 17.7 Å². The summed E-state index contributed by atoms with van der Waals surface area (Å²) in [4.78, 5) is 0. The molecule has 2 rings (SSSR count). The van der Waals surface area contributed by atoms with Crippen LogP contribution in [0.5, 0.6) is 5.75 Å². The molecular formula is C16H16ClF2NO. The molecular weight excluding hydrogens is 296 g/mol. The number of aryl methyl sites for hydroxylation is 1. The van der Waals surface area contributed by atoms with Gasteiger partial charge in [-0.1, -0.05) is 29.8 Å². The predicted molar refractivity (Wildman–Crippen MR) is 80.0 cm³/mol.